The van der Waals surface area contributed by atoms with Gasteiger partial charge in [-0.05, 0) is 18.4 Å². The average Bonchev–Trinajstić information content (AvgIpc) is 2.95. The van der Waals surface area contributed by atoms with Gasteiger partial charge >= 0.3 is 5.97 Å². The van der Waals surface area contributed by atoms with Crippen molar-refractivity contribution in [3.63, 3.8) is 0 Å². The van der Waals surface area contributed by atoms with E-state index in [1.165, 1.54) is 0 Å². The van der Waals surface area contributed by atoms with Crippen molar-refractivity contribution in [1.82, 2.24) is 5.32 Å². The molecular weight excluding hydrogens is 258 g/mol. The fourth-order valence-corrected chi connectivity index (χ4v) is 2.77. The van der Waals surface area contributed by atoms with Gasteiger partial charge in [-0.2, -0.15) is 0 Å². The third kappa shape index (κ3) is 3.17. The molecule has 1 amide bonds. The molecule has 1 aromatic rings. The van der Waals surface area contributed by atoms with E-state index in [0.717, 1.165) is 12.0 Å². The van der Waals surface area contributed by atoms with Crippen molar-refractivity contribution in [3.05, 3.63) is 35.9 Å². The molecule has 1 aliphatic carbocycles. The Hall–Kier alpha value is -1.88. The van der Waals surface area contributed by atoms with Crippen LogP contribution in [0.25, 0.3) is 0 Å². The summed E-state index contributed by atoms with van der Waals surface area (Å²) in [5.74, 6) is -2.30. The number of nitrogens with one attached hydrogen (secondary N) is 1. The van der Waals surface area contributed by atoms with Crippen molar-refractivity contribution < 1.29 is 19.8 Å². The van der Waals surface area contributed by atoms with E-state index >= 15 is 0 Å². The minimum Gasteiger partial charge on any atom is -0.481 e. The summed E-state index contributed by atoms with van der Waals surface area (Å²) in [5.41, 5.74) is 0.813. The summed E-state index contributed by atoms with van der Waals surface area (Å²) in [6.45, 7) is -0.208. The Morgan fingerprint density at radius 3 is 2.45 bits per heavy atom. The van der Waals surface area contributed by atoms with Crippen molar-refractivity contribution in [1.29, 1.82) is 0 Å². The van der Waals surface area contributed by atoms with Gasteiger partial charge in [0.1, 0.15) is 0 Å². The van der Waals surface area contributed by atoms with E-state index in [0.29, 0.717) is 12.8 Å². The number of rotatable bonds is 5. The van der Waals surface area contributed by atoms with E-state index in [4.69, 9.17) is 5.11 Å². The third-order valence-corrected chi connectivity index (χ3v) is 3.87. The lowest BCUT2D eigenvalue weighted by molar-refractivity contribution is -0.146. The van der Waals surface area contributed by atoms with E-state index < -0.39 is 23.8 Å². The highest BCUT2D eigenvalue weighted by atomic mass is 16.4. The van der Waals surface area contributed by atoms with Crippen LogP contribution in [0.1, 0.15) is 30.9 Å². The Morgan fingerprint density at radius 1 is 1.20 bits per heavy atom. The SMILES string of the molecule is O=C(O)[C@H]1CCC[C@H]1C(=O)N[C@H](CO)c1ccccc1. The summed E-state index contributed by atoms with van der Waals surface area (Å²) in [6.07, 6.45) is 1.89. The Balaban J connectivity index is 2.04. The van der Waals surface area contributed by atoms with Gasteiger partial charge in [0, 0.05) is 0 Å². The average molecular weight is 277 g/mol. The van der Waals surface area contributed by atoms with Crippen LogP contribution in [0.15, 0.2) is 30.3 Å². The predicted octanol–water partition coefficient (Wildman–Crippen LogP) is 1.34. The van der Waals surface area contributed by atoms with Gasteiger partial charge in [-0.15, -0.1) is 0 Å². The topological polar surface area (TPSA) is 86.6 Å². The summed E-state index contributed by atoms with van der Waals surface area (Å²) >= 11 is 0. The minimum absolute atomic E-state index is 0.208. The van der Waals surface area contributed by atoms with Crippen LogP contribution < -0.4 is 5.32 Å². The summed E-state index contributed by atoms with van der Waals surface area (Å²) in [7, 11) is 0. The first kappa shape index (κ1) is 14.5. The van der Waals surface area contributed by atoms with Crippen LogP contribution in [0.5, 0.6) is 0 Å². The highest BCUT2D eigenvalue weighted by molar-refractivity contribution is 5.85. The molecule has 108 valence electrons. The molecule has 0 saturated heterocycles. The number of aliphatic hydroxyl groups excluding tert-OH is 1. The van der Waals surface area contributed by atoms with Crippen LogP contribution in [-0.2, 0) is 9.59 Å². The molecule has 0 heterocycles. The van der Waals surface area contributed by atoms with Crippen LogP contribution >= 0.6 is 0 Å². The molecule has 1 saturated carbocycles. The minimum atomic E-state index is -0.914. The lowest BCUT2D eigenvalue weighted by Gasteiger charge is -2.21. The van der Waals surface area contributed by atoms with Crippen LogP contribution in [-0.4, -0.2) is 28.7 Å². The molecular formula is C15H19NO4. The molecule has 20 heavy (non-hydrogen) atoms. The zero-order chi connectivity index (χ0) is 14.5. The quantitative estimate of drug-likeness (QED) is 0.758. The zero-order valence-corrected chi connectivity index (χ0v) is 11.2. The maximum atomic E-state index is 12.2. The summed E-state index contributed by atoms with van der Waals surface area (Å²) in [5, 5.41) is 21.3. The fourth-order valence-electron chi connectivity index (χ4n) is 2.77. The molecule has 2 rings (SSSR count). The highest BCUT2D eigenvalue weighted by Crippen LogP contribution is 2.32. The molecule has 0 aromatic heterocycles. The summed E-state index contributed by atoms with van der Waals surface area (Å²) in [4.78, 5) is 23.3. The van der Waals surface area contributed by atoms with Gasteiger partial charge in [0.2, 0.25) is 5.91 Å². The molecule has 5 heteroatoms. The van der Waals surface area contributed by atoms with Gasteiger partial charge in [0.05, 0.1) is 24.5 Å². The first-order valence-electron chi connectivity index (χ1n) is 6.82. The maximum Gasteiger partial charge on any atom is 0.307 e. The van der Waals surface area contributed by atoms with Crippen molar-refractivity contribution in [3.8, 4) is 0 Å². The number of aliphatic carboxylic acids is 1. The van der Waals surface area contributed by atoms with E-state index in [2.05, 4.69) is 5.32 Å². The van der Waals surface area contributed by atoms with Crippen molar-refractivity contribution >= 4 is 11.9 Å². The second kappa shape index (κ2) is 6.52. The van der Waals surface area contributed by atoms with E-state index in [9.17, 15) is 14.7 Å². The molecule has 3 N–H and O–H groups in total. The van der Waals surface area contributed by atoms with Gasteiger partial charge in [-0.25, -0.2) is 0 Å². The molecule has 3 atom stereocenters. The van der Waals surface area contributed by atoms with E-state index in [1.807, 2.05) is 30.3 Å². The molecule has 0 aliphatic heterocycles. The van der Waals surface area contributed by atoms with Gasteiger partial charge in [0.25, 0.3) is 0 Å². The van der Waals surface area contributed by atoms with Crippen molar-refractivity contribution in [2.45, 2.75) is 25.3 Å². The van der Waals surface area contributed by atoms with Crippen LogP contribution in [0, 0.1) is 11.8 Å². The number of hydrogen-bond acceptors (Lipinski definition) is 3. The number of aliphatic hydroxyl groups is 1. The maximum absolute atomic E-state index is 12.2. The second-order valence-corrected chi connectivity index (χ2v) is 5.14. The number of carbonyl (C=O) groups excluding carboxylic acids is 1. The molecule has 0 radical (unpaired) electrons. The van der Waals surface area contributed by atoms with E-state index in [1.54, 1.807) is 0 Å². The Morgan fingerprint density at radius 2 is 1.85 bits per heavy atom. The number of carboxylic acids is 1. The summed E-state index contributed by atoms with van der Waals surface area (Å²) < 4.78 is 0. The van der Waals surface area contributed by atoms with Crippen molar-refractivity contribution in [2.24, 2.45) is 11.8 Å². The summed E-state index contributed by atoms with van der Waals surface area (Å²) in [6, 6.07) is 8.69. The molecule has 1 aromatic carbocycles. The number of benzene rings is 1. The monoisotopic (exact) mass is 277 g/mol. The van der Waals surface area contributed by atoms with Crippen molar-refractivity contribution in [2.75, 3.05) is 6.61 Å². The van der Waals surface area contributed by atoms with Crippen LogP contribution in [0.4, 0.5) is 0 Å². The molecule has 1 aliphatic rings. The number of carbonyl (C=O) groups is 2. The largest absolute Gasteiger partial charge is 0.481 e. The highest BCUT2D eigenvalue weighted by Gasteiger charge is 2.38. The van der Waals surface area contributed by atoms with Crippen LogP contribution in [0.3, 0.4) is 0 Å². The predicted molar refractivity (Wildman–Crippen MR) is 72.9 cm³/mol. The molecule has 1 fully saturated rings. The normalized spacial score (nSPS) is 23.2. The standard InChI is InChI=1S/C15H19NO4/c17-9-13(10-5-2-1-3-6-10)16-14(18)11-7-4-8-12(11)15(19)20/h1-3,5-6,11-13,17H,4,7-9H2,(H,16,18)(H,19,20)/t11-,12+,13-/m1/s1. The number of carboxylic acid groups (broad SMARTS) is 1. The van der Waals surface area contributed by atoms with Gasteiger partial charge in [-0.3, -0.25) is 9.59 Å². The van der Waals surface area contributed by atoms with Gasteiger partial charge in [0.15, 0.2) is 0 Å². The molecule has 0 bridgehead atoms. The van der Waals surface area contributed by atoms with Crippen LogP contribution in [0.2, 0.25) is 0 Å². The van der Waals surface area contributed by atoms with E-state index in [-0.39, 0.29) is 12.5 Å². The molecule has 5 nitrogen and oxygen atoms in total. The smallest absolute Gasteiger partial charge is 0.307 e. The molecule has 0 unspecified atom stereocenters. The lowest BCUT2D eigenvalue weighted by Crippen LogP contribution is -2.38. The third-order valence-electron chi connectivity index (χ3n) is 3.87. The number of hydrogen-bond donors (Lipinski definition) is 3. The molecule has 0 spiro atoms. The second-order valence-electron chi connectivity index (χ2n) is 5.14. The fraction of sp³-hybridized carbons (Fsp3) is 0.467. The Labute approximate surface area is 117 Å². The lowest BCUT2D eigenvalue weighted by atomic mass is 9.94. The Kier molecular flexibility index (Phi) is 4.74. The Bertz CT molecular complexity index is 474. The zero-order valence-electron chi connectivity index (χ0n) is 11.2. The van der Waals surface area contributed by atoms with Gasteiger partial charge in [-0.1, -0.05) is 36.8 Å². The first-order chi connectivity index (χ1) is 9.63. The first-order valence-corrected chi connectivity index (χ1v) is 6.82. The van der Waals surface area contributed by atoms with Gasteiger partial charge < -0.3 is 15.5 Å². The number of amides is 1.